The molecule has 2 atom stereocenters. The van der Waals surface area contributed by atoms with Crippen LogP contribution in [0.25, 0.3) is 11.3 Å². The van der Waals surface area contributed by atoms with Gasteiger partial charge in [-0.15, -0.1) is 0 Å². The van der Waals surface area contributed by atoms with Gasteiger partial charge in [0.1, 0.15) is 12.4 Å². The molecule has 1 N–H and O–H groups in total. The number of amides is 1. The van der Waals surface area contributed by atoms with Gasteiger partial charge in [0.2, 0.25) is 11.8 Å². The Balaban J connectivity index is 1.32. The maximum atomic E-state index is 14.4. The number of anilines is 2. The molecule has 0 spiro atoms. The number of ether oxygens (including phenoxy) is 2. The molecule has 1 saturated carbocycles. The maximum Gasteiger partial charge on any atom is 0.264 e. The maximum absolute atomic E-state index is 14.4. The first-order valence-electron chi connectivity index (χ1n) is 15.9. The van der Waals surface area contributed by atoms with E-state index in [4.69, 9.17) is 14.5 Å². The molecule has 0 radical (unpaired) electrons. The van der Waals surface area contributed by atoms with E-state index in [9.17, 15) is 13.2 Å². The van der Waals surface area contributed by atoms with Crippen molar-refractivity contribution in [2.75, 3.05) is 29.4 Å². The molecule has 7 rings (SSSR count). The molecule has 2 aliphatic heterocycles. The van der Waals surface area contributed by atoms with Gasteiger partial charge in [0, 0.05) is 29.8 Å². The second-order valence-corrected chi connectivity index (χ2v) is 14.1. The largest absolute Gasteiger partial charge is 0.475 e. The highest BCUT2D eigenvalue weighted by Gasteiger charge is 2.32. The third-order valence-corrected chi connectivity index (χ3v) is 10.2. The second kappa shape index (κ2) is 12.5. The molecule has 1 saturated heterocycles. The molecule has 1 aliphatic carbocycles. The Hall–Kier alpha value is -4.62. The highest BCUT2D eigenvalue weighted by Crippen LogP contribution is 2.31. The van der Waals surface area contributed by atoms with Gasteiger partial charge in [-0.2, -0.15) is 4.98 Å². The number of rotatable bonds is 7. The third-order valence-electron chi connectivity index (χ3n) is 8.85. The third kappa shape index (κ3) is 6.63. The first-order valence-corrected chi connectivity index (χ1v) is 17.3. The quantitative estimate of drug-likeness (QED) is 0.302. The summed E-state index contributed by atoms with van der Waals surface area (Å²) in [7, 11) is -4.18. The Morgan fingerprint density at radius 3 is 2.51 bits per heavy atom. The highest BCUT2D eigenvalue weighted by molar-refractivity contribution is 7.92. The molecule has 2 aromatic carbocycles. The molecule has 0 unspecified atom stereocenters. The van der Waals surface area contributed by atoms with E-state index in [0.717, 1.165) is 48.3 Å². The van der Waals surface area contributed by atoms with Crippen LogP contribution in [0.5, 0.6) is 5.88 Å². The van der Waals surface area contributed by atoms with Crippen LogP contribution in [0.3, 0.4) is 0 Å². The predicted molar refractivity (Wildman–Crippen MR) is 176 cm³/mol. The van der Waals surface area contributed by atoms with E-state index in [-0.39, 0.29) is 54.1 Å². The number of aryl methyl sites for hydroxylation is 2. The van der Waals surface area contributed by atoms with Crippen molar-refractivity contribution >= 4 is 27.7 Å². The van der Waals surface area contributed by atoms with Gasteiger partial charge in [0.25, 0.3) is 15.9 Å². The molecular weight excluding hydrogens is 618 g/mol. The van der Waals surface area contributed by atoms with Crippen LogP contribution in [0.1, 0.15) is 53.4 Å². The normalized spacial score (nSPS) is 20.6. The van der Waals surface area contributed by atoms with Gasteiger partial charge >= 0.3 is 0 Å². The summed E-state index contributed by atoms with van der Waals surface area (Å²) < 4.78 is 42.3. The van der Waals surface area contributed by atoms with Crippen molar-refractivity contribution in [3.05, 3.63) is 83.3 Å². The van der Waals surface area contributed by atoms with E-state index in [1.807, 2.05) is 32.0 Å². The van der Waals surface area contributed by atoms with Gasteiger partial charge in [0.15, 0.2) is 0 Å². The molecule has 2 aromatic heterocycles. The minimum absolute atomic E-state index is 0.0316. The lowest BCUT2D eigenvalue weighted by atomic mass is 10.00. The molecular formula is C34H37N7O5S. The average Bonchev–Trinajstić information content (AvgIpc) is 3.87. The minimum atomic E-state index is -4.18. The van der Waals surface area contributed by atoms with Crippen molar-refractivity contribution in [1.29, 1.82) is 0 Å². The zero-order valence-electron chi connectivity index (χ0n) is 26.6. The lowest BCUT2D eigenvalue weighted by Gasteiger charge is -2.39. The van der Waals surface area contributed by atoms with Gasteiger partial charge in [-0.25, -0.2) is 23.1 Å². The van der Waals surface area contributed by atoms with Crippen LogP contribution >= 0.6 is 0 Å². The van der Waals surface area contributed by atoms with E-state index in [1.165, 1.54) is 12.1 Å². The number of sulfonamides is 1. The van der Waals surface area contributed by atoms with Crippen molar-refractivity contribution < 1.29 is 22.7 Å². The van der Waals surface area contributed by atoms with Crippen LogP contribution in [0.2, 0.25) is 0 Å². The fourth-order valence-corrected chi connectivity index (χ4v) is 6.92. The Kier molecular flexibility index (Phi) is 8.27. The van der Waals surface area contributed by atoms with Crippen LogP contribution in [-0.4, -0.2) is 77.1 Å². The Bertz CT molecular complexity index is 1910. The standard InChI is InChI=1S/C34H37N7O5S/c1-21-6-4-7-22(2)32(21)29-15-31-38-34(37-29)39-47(43,44)28-9-5-8-24(14-28)33(42)41(26(20-46-31)19-45-27-10-11-27)18-25-16-35-17-30(36-25)40-13-12-23(40)3/h4-9,14-17,23,26-27H,10-13,18-20H2,1-3H3,(H,37,38,39)/t23-,26-/m1/s1. The molecule has 2 fully saturated rings. The van der Waals surface area contributed by atoms with Crippen LogP contribution < -0.4 is 14.4 Å². The second-order valence-electron chi connectivity index (χ2n) is 12.4. The van der Waals surface area contributed by atoms with E-state index in [1.54, 1.807) is 35.5 Å². The molecule has 4 bridgehead atoms. The molecule has 4 aromatic rings. The average molecular weight is 656 g/mol. The fraction of sp³-hybridized carbons (Fsp3) is 0.382. The fourth-order valence-electron chi connectivity index (χ4n) is 5.93. The Morgan fingerprint density at radius 2 is 1.79 bits per heavy atom. The van der Waals surface area contributed by atoms with Crippen molar-refractivity contribution in [2.45, 2.75) is 69.7 Å². The molecule has 12 nitrogen and oxygen atoms in total. The molecule has 13 heteroatoms. The topological polar surface area (TPSA) is 140 Å². The zero-order chi connectivity index (χ0) is 32.7. The van der Waals surface area contributed by atoms with E-state index >= 15 is 0 Å². The van der Waals surface area contributed by atoms with Crippen LogP contribution in [-0.2, 0) is 21.3 Å². The lowest BCUT2D eigenvalue weighted by Crippen LogP contribution is -2.47. The molecule has 1 amide bonds. The van der Waals surface area contributed by atoms with E-state index in [0.29, 0.717) is 17.4 Å². The molecule has 4 heterocycles. The van der Waals surface area contributed by atoms with Crippen LogP contribution in [0.15, 0.2) is 65.8 Å². The number of carbonyl (C=O) groups excluding carboxylic acids is 1. The first kappa shape index (κ1) is 31.0. The summed E-state index contributed by atoms with van der Waals surface area (Å²) in [5.74, 6) is 0.408. The summed E-state index contributed by atoms with van der Waals surface area (Å²) in [6, 6.07) is 13.4. The summed E-state index contributed by atoms with van der Waals surface area (Å²) in [4.78, 5) is 36.4. The van der Waals surface area contributed by atoms with Gasteiger partial charge in [-0.3, -0.25) is 9.78 Å². The summed E-state index contributed by atoms with van der Waals surface area (Å²) in [5, 5.41) is 0. The van der Waals surface area contributed by atoms with Crippen molar-refractivity contribution in [2.24, 2.45) is 0 Å². The first-order chi connectivity index (χ1) is 22.6. The lowest BCUT2D eigenvalue weighted by molar-refractivity contribution is 0.0209. The van der Waals surface area contributed by atoms with Gasteiger partial charge < -0.3 is 19.3 Å². The number of carbonyl (C=O) groups is 1. The SMILES string of the molecule is Cc1cccc(C)c1-c1cc2nc(n1)NS(=O)(=O)c1cccc(c1)C(=O)N(Cc1cncc(N3CC[C@H]3C)n1)[C@H](COC1CC1)CO2. The summed E-state index contributed by atoms with van der Waals surface area (Å²) >= 11 is 0. The van der Waals surface area contributed by atoms with Crippen molar-refractivity contribution in [3.63, 3.8) is 0 Å². The number of nitrogens with one attached hydrogen (secondary N) is 1. The van der Waals surface area contributed by atoms with Gasteiger partial charge in [-0.1, -0.05) is 24.3 Å². The summed E-state index contributed by atoms with van der Waals surface area (Å²) in [6.07, 6.45) is 6.52. The molecule has 244 valence electrons. The molecule has 47 heavy (non-hydrogen) atoms. The van der Waals surface area contributed by atoms with Gasteiger partial charge in [0.05, 0.1) is 54.0 Å². The number of benzene rings is 2. The number of fused-ring (bicyclic) bond motifs is 4. The van der Waals surface area contributed by atoms with Gasteiger partial charge in [-0.05, 0) is 69.4 Å². The smallest absolute Gasteiger partial charge is 0.264 e. The van der Waals surface area contributed by atoms with E-state index in [2.05, 4.69) is 31.5 Å². The number of hydrogen-bond acceptors (Lipinski definition) is 10. The summed E-state index contributed by atoms with van der Waals surface area (Å²) in [5.41, 5.74) is 4.11. The predicted octanol–water partition coefficient (Wildman–Crippen LogP) is 4.53. The van der Waals surface area contributed by atoms with Crippen molar-refractivity contribution in [3.8, 4) is 17.1 Å². The van der Waals surface area contributed by atoms with Crippen LogP contribution in [0, 0.1) is 13.8 Å². The monoisotopic (exact) mass is 655 g/mol. The Labute approximate surface area is 274 Å². The number of nitrogens with zero attached hydrogens (tertiary/aromatic N) is 6. The molecule has 3 aliphatic rings. The zero-order valence-corrected chi connectivity index (χ0v) is 27.4. The Morgan fingerprint density at radius 1 is 1.00 bits per heavy atom. The minimum Gasteiger partial charge on any atom is -0.475 e. The van der Waals surface area contributed by atoms with E-state index < -0.39 is 16.1 Å². The summed E-state index contributed by atoms with van der Waals surface area (Å²) in [6.45, 7) is 7.34. The highest BCUT2D eigenvalue weighted by atomic mass is 32.2. The number of hydrogen-bond donors (Lipinski definition) is 1. The number of aromatic nitrogens is 4. The van der Waals surface area contributed by atoms with Crippen LogP contribution in [0.4, 0.5) is 11.8 Å². The van der Waals surface area contributed by atoms with Crippen molar-refractivity contribution in [1.82, 2.24) is 24.8 Å².